The van der Waals surface area contributed by atoms with Crippen molar-refractivity contribution in [3.8, 4) is 0 Å². The Morgan fingerprint density at radius 3 is 1.31 bits per heavy atom. The summed E-state index contributed by atoms with van der Waals surface area (Å²) in [5.74, 6) is -0.0448. The van der Waals surface area contributed by atoms with Crippen LogP contribution in [0.1, 0.15) is 194 Å². The Bertz CT molecular complexity index is 704. The van der Waals surface area contributed by atoms with E-state index in [1.165, 1.54) is 109 Å². The Kier molecular flexibility index (Phi) is 38.9. The lowest BCUT2D eigenvalue weighted by atomic mass is 10.0. The first kappa shape index (κ1) is 50.6. The Labute approximate surface area is 326 Å². The summed E-state index contributed by atoms with van der Waals surface area (Å²) in [6, 6.07) is 0. The summed E-state index contributed by atoms with van der Waals surface area (Å²) in [6.07, 6.45) is 36.7. The largest absolute Gasteiger partial charge is 0.464 e. The predicted octanol–water partition coefficient (Wildman–Crippen LogP) is 12.4. The molecule has 0 N–H and O–H groups in total. The molecule has 0 bridgehead atoms. The van der Waals surface area contributed by atoms with Crippen molar-refractivity contribution < 1.29 is 23.8 Å². The van der Waals surface area contributed by atoms with Crippen molar-refractivity contribution in [3.05, 3.63) is 0 Å². The molecule has 0 aromatic carbocycles. The van der Waals surface area contributed by atoms with E-state index in [4.69, 9.17) is 14.2 Å². The van der Waals surface area contributed by atoms with Gasteiger partial charge in [0.1, 0.15) is 13.2 Å². The Morgan fingerprint density at radius 2 is 0.902 bits per heavy atom. The molecule has 0 aliphatic carbocycles. The molecule has 0 heterocycles. The highest BCUT2D eigenvalue weighted by Crippen LogP contribution is 2.20. The summed E-state index contributed by atoms with van der Waals surface area (Å²) >= 11 is 3.67. The minimum atomic E-state index is -0.0224. The van der Waals surface area contributed by atoms with Gasteiger partial charge < -0.3 is 19.1 Å². The van der Waals surface area contributed by atoms with Gasteiger partial charge in [0.05, 0.1) is 6.10 Å². The van der Waals surface area contributed by atoms with Crippen LogP contribution in [0.15, 0.2) is 0 Å². The summed E-state index contributed by atoms with van der Waals surface area (Å²) < 4.78 is 17.6. The van der Waals surface area contributed by atoms with Crippen LogP contribution in [0.4, 0.5) is 0 Å². The highest BCUT2D eigenvalue weighted by Gasteiger charge is 2.13. The zero-order valence-corrected chi connectivity index (χ0v) is 36.3. The zero-order chi connectivity index (χ0) is 37.6. The Balaban J connectivity index is 4.13. The van der Waals surface area contributed by atoms with E-state index in [-0.39, 0.29) is 11.9 Å². The molecule has 0 aliphatic rings. The summed E-state index contributed by atoms with van der Waals surface area (Å²) in [7, 11) is 4.26. The minimum absolute atomic E-state index is 0.0224. The van der Waals surface area contributed by atoms with Crippen molar-refractivity contribution in [3.63, 3.8) is 0 Å². The monoisotopic (exact) mass is 760 g/mol. The molecule has 6 nitrogen and oxygen atoms in total. The van der Waals surface area contributed by atoms with Crippen LogP contribution in [0.5, 0.6) is 0 Å². The molecule has 0 amide bonds. The van der Waals surface area contributed by atoms with Crippen LogP contribution >= 0.6 is 23.5 Å². The van der Waals surface area contributed by atoms with Crippen LogP contribution in [-0.4, -0.2) is 86.4 Å². The number of hydrogen-bond acceptors (Lipinski definition) is 8. The first-order valence-corrected chi connectivity index (χ1v) is 24.1. The zero-order valence-electron chi connectivity index (χ0n) is 34.7. The third-order valence-electron chi connectivity index (χ3n) is 9.95. The minimum Gasteiger partial charge on any atom is -0.464 e. The van der Waals surface area contributed by atoms with E-state index in [9.17, 15) is 9.59 Å². The SMILES string of the molecule is CCCCCCCC(COC(=O)CCCCCCCC(CCCCCCCC(=O)OCC(CCCCCCC)SC)OCCCCN(C)C)SC. The maximum Gasteiger partial charge on any atom is 0.305 e. The van der Waals surface area contributed by atoms with Gasteiger partial charge in [-0.15, -0.1) is 0 Å². The summed E-state index contributed by atoms with van der Waals surface area (Å²) in [4.78, 5) is 26.8. The number of esters is 2. The van der Waals surface area contributed by atoms with Crippen LogP contribution in [0.25, 0.3) is 0 Å². The van der Waals surface area contributed by atoms with Crippen LogP contribution in [0, 0.1) is 0 Å². The van der Waals surface area contributed by atoms with Gasteiger partial charge >= 0.3 is 11.9 Å². The van der Waals surface area contributed by atoms with Gasteiger partial charge in [-0.25, -0.2) is 0 Å². The molecule has 0 saturated carbocycles. The van der Waals surface area contributed by atoms with Crippen molar-refractivity contribution in [2.24, 2.45) is 0 Å². The second-order valence-corrected chi connectivity index (χ2v) is 17.4. The van der Waals surface area contributed by atoms with Gasteiger partial charge in [-0.3, -0.25) is 9.59 Å². The molecular weight excluding hydrogens is 675 g/mol. The molecule has 0 radical (unpaired) electrons. The van der Waals surface area contributed by atoms with Crippen molar-refractivity contribution in [2.45, 2.75) is 210 Å². The van der Waals surface area contributed by atoms with Crippen molar-refractivity contribution in [2.75, 3.05) is 53.0 Å². The molecule has 8 heteroatoms. The Morgan fingerprint density at radius 1 is 0.510 bits per heavy atom. The lowest BCUT2D eigenvalue weighted by molar-refractivity contribution is -0.144. The first-order chi connectivity index (χ1) is 24.9. The van der Waals surface area contributed by atoms with E-state index in [0.29, 0.717) is 42.7 Å². The summed E-state index contributed by atoms with van der Waals surface area (Å²) in [5.41, 5.74) is 0. The average Bonchev–Trinajstić information content (AvgIpc) is 3.12. The number of rotatable bonds is 40. The van der Waals surface area contributed by atoms with Gasteiger partial charge in [-0.1, -0.05) is 129 Å². The maximum atomic E-state index is 12.3. The lowest BCUT2D eigenvalue weighted by Crippen LogP contribution is -2.16. The van der Waals surface area contributed by atoms with Gasteiger partial charge in [-0.05, 0) is 84.5 Å². The highest BCUT2D eigenvalue weighted by atomic mass is 32.2. The normalized spacial score (nSPS) is 13.4. The van der Waals surface area contributed by atoms with Crippen molar-refractivity contribution in [1.29, 1.82) is 0 Å². The summed E-state index contributed by atoms with van der Waals surface area (Å²) in [5, 5.41) is 0.874. The van der Waals surface area contributed by atoms with E-state index >= 15 is 0 Å². The Hall–Kier alpha value is -0.440. The third-order valence-corrected chi connectivity index (χ3v) is 12.0. The second kappa shape index (κ2) is 39.3. The van der Waals surface area contributed by atoms with Gasteiger partial charge in [-0.2, -0.15) is 23.5 Å². The van der Waals surface area contributed by atoms with E-state index in [1.807, 2.05) is 23.5 Å². The molecule has 0 saturated heterocycles. The standard InChI is InChI=1S/C43H85NO5S2/c1-7-9-11-15-23-31-40(50-5)37-48-42(45)33-25-19-13-17-21-29-39(47-36-28-27-35-44(3)4)30-22-18-14-20-26-34-43(46)49-38-41(51-6)32-24-16-12-10-8-2/h39-41H,7-38H2,1-6H3. The first-order valence-electron chi connectivity index (χ1n) is 21.5. The fourth-order valence-electron chi connectivity index (χ4n) is 6.44. The molecule has 0 spiro atoms. The van der Waals surface area contributed by atoms with Crippen LogP contribution in [-0.2, 0) is 23.8 Å². The average molecular weight is 760 g/mol. The molecule has 2 unspecified atom stereocenters. The third kappa shape index (κ3) is 36.3. The topological polar surface area (TPSA) is 65.1 Å². The molecule has 0 fully saturated rings. The molecule has 2 atom stereocenters. The van der Waals surface area contributed by atoms with Gasteiger partial charge in [0, 0.05) is 29.9 Å². The number of hydrogen-bond donors (Lipinski definition) is 0. The van der Waals surface area contributed by atoms with Crippen LogP contribution < -0.4 is 0 Å². The van der Waals surface area contributed by atoms with E-state index in [1.54, 1.807) is 0 Å². The maximum absolute atomic E-state index is 12.3. The van der Waals surface area contributed by atoms with Crippen LogP contribution in [0.3, 0.4) is 0 Å². The van der Waals surface area contributed by atoms with Crippen molar-refractivity contribution >= 4 is 35.5 Å². The number of thioether (sulfide) groups is 2. The van der Waals surface area contributed by atoms with Gasteiger partial charge in [0.15, 0.2) is 0 Å². The fourth-order valence-corrected chi connectivity index (χ4v) is 7.65. The van der Waals surface area contributed by atoms with Crippen LogP contribution in [0.2, 0.25) is 0 Å². The molecular formula is C43H85NO5S2. The quantitative estimate of drug-likeness (QED) is 0.0452. The van der Waals surface area contributed by atoms with E-state index in [0.717, 1.165) is 70.9 Å². The number of unbranched alkanes of at least 4 members (excludes halogenated alkanes) is 17. The number of ether oxygens (including phenoxy) is 3. The van der Waals surface area contributed by atoms with E-state index in [2.05, 4.69) is 45.4 Å². The van der Waals surface area contributed by atoms with Gasteiger partial charge in [0.25, 0.3) is 0 Å². The molecule has 0 aromatic heterocycles. The number of carbonyl (C=O) groups is 2. The molecule has 51 heavy (non-hydrogen) atoms. The number of nitrogens with zero attached hydrogens (tertiary/aromatic N) is 1. The van der Waals surface area contributed by atoms with E-state index < -0.39 is 0 Å². The lowest BCUT2D eigenvalue weighted by Gasteiger charge is -2.18. The molecule has 304 valence electrons. The molecule has 0 rings (SSSR count). The predicted molar refractivity (Wildman–Crippen MR) is 225 cm³/mol. The fraction of sp³-hybridized carbons (Fsp3) is 0.953. The van der Waals surface area contributed by atoms with Gasteiger partial charge in [0.2, 0.25) is 0 Å². The second-order valence-electron chi connectivity index (χ2n) is 15.1. The van der Waals surface area contributed by atoms with Crippen molar-refractivity contribution in [1.82, 2.24) is 4.90 Å². The number of carbonyl (C=O) groups excluding carboxylic acids is 2. The molecule has 0 aliphatic heterocycles. The summed E-state index contributed by atoms with van der Waals surface area (Å²) in [6.45, 7) is 7.60. The highest BCUT2D eigenvalue weighted by molar-refractivity contribution is 7.99. The smallest absolute Gasteiger partial charge is 0.305 e. The molecule has 0 aromatic rings.